The van der Waals surface area contributed by atoms with Gasteiger partial charge < -0.3 is 5.73 Å². The molecule has 0 saturated carbocycles. The predicted octanol–water partition coefficient (Wildman–Crippen LogP) is 2.36. The molecule has 0 bridgehead atoms. The van der Waals surface area contributed by atoms with E-state index < -0.39 is 0 Å². The van der Waals surface area contributed by atoms with Crippen molar-refractivity contribution in [3.63, 3.8) is 0 Å². The van der Waals surface area contributed by atoms with Crippen LogP contribution in [0.25, 0.3) is 0 Å². The second kappa shape index (κ2) is 4.18. The fourth-order valence-corrected chi connectivity index (χ4v) is 2.03. The number of rotatable bonds is 3. The molecule has 2 nitrogen and oxygen atoms in total. The number of halogens is 1. The Balaban J connectivity index is 2.60. The molecular weight excluding hydrogens is 224 g/mol. The van der Waals surface area contributed by atoms with Crippen LogP contribution in [0.2, 0.25) is 0 Å². The molecule has 62 valence electrons. The van der Waals surface area contributed by atoms with E-state index in [0.717, 1.165) is 22.6 Å². The summed E-state index contributed by atoms with van der Waals surface area (Å²) in [7, 11) is 0. The molecule has 0 fully saturated rings. The highest BCUT2D eigenvalue weighted by Crippen LogP contribution is 2.23. The average Bonchev–Trinajstić information content (AvgIpc) is 2.36. The Morgan fingerprint density at radius 2 is 2.55 bits per heavy atom. The van der Waals surface area contributed by atoms with E-state index in [1.54, 1.807) is 11.3 Å². The summed E-state index contributed by atoms with van der Waals surface area (Å²) < 4.78 is 0.955. The van der Waals surface area contributed by atoms with Crippen molar-refractivity contribution in [2.45, 2.75) is 19.3 Å². The second-order valence-corrected chi connectivity index (χ2v) is 4.64. The standard InChI is InChI=1S/C7H11BrN2S/c1-5(2-3-9)6-4-11-7(8)10-6/h4-5H,2-3,9H2,1H3. The molecule has 0 saturated heterocycles. The van der Waals surface area contributed by atoms with Gasteiger partial charge in [-0.15, -0.1) is 11.3 Å². The number of hydrogen-bond acceptors (Lipinski definition) is 3. The summed E-state index contributed by atoms with van der Waals surface area (Å²) in [6, 6.07) is 0. The summed E-state index contributed by atoms with van der Waals surface area (Å²) in [6.07, 6.45) is 1.01. The van der Waals surface area contributed by atoms with E-state index >= 15 is 0 Å². The summed E-state index contributed by atoms with van der Waals surface area (Å²) >= 11 is 4.95. The fraction of sp³-hybridized carbons (Fsp3) is 0.571. The summed E-state index contributed by atoms with van der Waals surface area (Å²) in [6.45, 7) is 2.88. The first kappa shape index (κ1) is 9.16. The molecular formula is C7H11BrN2S. The lowest BCUT2D eigenvalue weighted by Gasteiger charge is -2.04. The highest BCUT2D eigenvalue weighted by molar-refractivity contribution is 9.11. The molecule has 2 N–H and O–H groups in total. The van der Waals surface area contributed by atoms with Gasteiger partial charge >= 0.3 is 0 Å². The molecule has 1 heterocycles. The maximum absolute atomic E-state index is 5.44. The van der Waals surface area contributed by atoms with Gasteiger partial charge in [-0.1, -0.05) is 6.92 Å². The largest absolute Gasteiger partial charge is 0.330 e. The molecule has 1 aromatic rings. The minimum Gasteiger partial charge on any atom is -0.330 e. The van der Waals surface area contributed by atoms with E-state index in [4.69, 9.17) is 5.73 Å². The van der Waals surface area contributed by atoms with Crippen LogP contribution >= 0.6 is 27.3 Å². The third kappa shape index (κ3) is 2.54. The van der Waals surface area contributed by atoms with Crippen molar-refractivity contribution in [2.75, 3.05) is 6.54 Å². The van der Waals surface area contributed by atoms with E-state index in [2.05, 4.69) is 33.2 Å². The van der Waals surface area contributed by atoms with Gasteiger partial charge in [0.05, 0.1) is 5.69 Å². The molecule has 1 unspecified atom stereocenters. The molecule has 1 aromatic heterocycles. The zero-order valence-electron chi connectivity index (χ0n) is 6.38. The van der Waals surface area contributed by atoms with Gasteiger partial charge in [-0.3, -0.25) is 0 Å². The monoisotopic (exact) mass is 234 g/mol. The number of hydrogen-bond donors (Lipinski definition) is 1. The summed E-state index contributed by atoms with van der Waals surface area (Å²) in [4.78, 5) is 4.31. The van der Waals surface area contributed by atoms with Crippen molar-refractivity contribution in [1.29, 1.82) is 0 Å². The van der Waals surface area contributed by atoms with Crippen LogP contribution in [0.5, 0.6) is 0 Å². The molecule has 0 aromatic carbocycles. The fourth-order valence-electron chi connectivity index (χ4n) is 0.887. The number of thiazole rings is 1. The van der Waals surface area contributed by atoms with Crippen LogP contribution in [0.15, 0.2) is 9.30 Å². The molecule has 0 radical (unpaired) electrons. The van der Waals surface area contributed by atoms with Gasteiger partial charge in [0.25, 0.3) is 0 Å². The highest BCUT2D eigenvalue weighted by atomic mass is 79.9. The van der Waals surface area contributed by atoms with Crippen LogP contribution < -0.4 is 5.73 Å². The third-order valence-corrected chi connectivity index (χ3v) is 2.98. The van der Waals surface area contributed by atoms with Crippen molar-refractivity contribution in [2.24, 2.45) is 5.73 Å². The maximum Gasteiger partial charge on any atom is 0.159 e. The second-order valence-electron chi connectivity index (χ2n) is 2.50. The quantitative estimate of drug-likeness (QED) is 0.873. The summed E-state index contributed by atoms with van der Waals surface area (Å²) in [5.41, 5.74) is 6.58. The predicted molar refractivity (Wildman–Crippen MR) is 51.9 cm³/mol. The van der Waals surface area contributed by atoms with Gasteiger partial charge in [-0.05, 0) is 28.9 Å². The number of nitrogens with zero attached hydrogens (tertiary/aromatic N) is 1. The van der Waals surface area contributed by atoms with Gasteiger partial charge in [0.1, 0.15) is 0 Å². The van der Waals surface area contributed by atoms with Crippen LogP contribution in [0.1, 0.15) is 25.0 Å². The molecule has 0 aliphatic rings. The smallest absolute Gasteiger partial charge is 0.159 e. The molecule has 0 aliphatic heterocycles. The van der Waals surface area contributed by atoms with Crippen LogP contribution in [-0.2, 0) is 0 Å². The molecule has 11 heavy (non-hydrogen) atoms. The van der Waals surface area contributed by atoms with Crippen molar-refractivity contribution in [3.8, 4) is 0 Å². The van der Waals surface area contributed by atoms with E-state index in [-0.39, 0.29) is 0 Å². The third-order valence-electron chi connectivity index (χ3n) is 1.60. The Labute approximate surface area is 79.0 Å². The zero-order valence-corrected chi connectivity index (χ0v) is 8.78. The summed E-state index contributed by atoms with van der Waals surface area (Å²) in [5, 5.41) is 2.07. The molecule has 1 atom stereocenters. The van der Waals surface area contributed by atoms with Crippen molar-refractivity contribution in [3.05, 3.63) is 15.0 Å². The minimum atomic E-state index is 0.488. The van der Waals surface area contributed by atoms with Gasteiger partial charge in [0.2, 0.25) is 0 Å². The first-order valence-corrected chi connectivity index (χ1v) is 5.22. The Bertz CT molecular complexity index is 224. The van der Waals surface area contributed by atoms with Gasteiger partial charge in [-0.25, -0.2) is 4.98 Å². The van der Waals surface area contributed by atoms with E-state index in [0.29, 0.717) is 5.92 Å². The lowest BCUT2D eigenvalue weighted by molar-refractivity contribution is 0.674. The molecule has 4 heteroatoms. The first-order chi connectivity index (χ1) is 5.24. The van der Waals surface area contributed by atoms with Crippen molar-refractivity contribution >= 4 is 27.3 Å². The Morgan fingerprint density at radius 3 is 3.00 bits per heavy atom. The van der Waals surface area contributed by atoms with Crippen LogP contribution in [-0.4, -0.2) is 11.5 Å². The Hall–Kier alpha value is 0.0700. The van der Waals surface area contributed by atoms with Crippen LogP contribution in [0.3, 0.4) is 0 Å². The maximum atomic E-state index is 5.44. The lowest BCUT2D eigenvalue weighted by atomic mass is 10.1. The molecule has 0 spiro atoms. The Kier molecular flexibility index (Phi) is 3.48. The normalized spacial score (nSPS) is 13.4. The van der Waals surface area contributed by atoms with Crippen LogP contribution in [0.4, 0.5) is 0 Å². The molecule has 0 aliphatic carbocycles. The minimum absolute atomic E-state index is 0.488. The summed E-state index contributed by atoms with van der Waals surface area (Å²) in [5.74, 6) is 0.488. The van der Waals surface area contributed by atoms with E-state index in [1.807, 2.05) is 0 Å². The van der Waals surface area contributed by atoms with Crippen molar-refractivity contribution in [1.82, 2.24) is 4.98 Å². The molecule has 1 rings (SSSR count). The lowest BCUT2D eigenvalue weighted by Crippen LogP contribution is -2.04. The zero-order chi connectivity index (χ0) is 8.27. The number of aromatic nitrogens is 1. The van der Waals surface area contributed by atoms with E-state index in [1.165, 1.54) is 0 Å². The van der Waals surface area contributed by atoms with Gasteiger partial charge in [0.15, 0.2) is 3.92 Å². The highest BCUT2D eigenvalue weighted by Gasteiger charge is 2.07. The Morgan fingerprint density at radius 1 is 1.82 bits per heavy atom. The van der Waals surface area contributed by atoms with Gasteiger partial charge in [-0.2, -0.15) is 0 Å². The van der Waals surface area contributed by atoms with Crippen LogP contribution in [0, 0.1) is 0 Å². The average molecular weight is 235 g/mol. The number of nitrogens with two attached hydrogens (primary N) is 1. The van der Waals surface area contributed by atoms with Gasteiger partial charge in [0, 0.05) is 11.3 Å². The van der Waals surface area contributed by atoms with Crippen molar-refractivity contribution < 1.29 is 0 Å². The first-order valence-electron chi connectivity index (χ1n) is 3.55. The SMILES string of the molecule is CC(CCN)c1csc(Br)n1. The topological polar surface area (TPSA) is 38.9 Å². The van der Waals surface area contributed by atoms with E-state index in [9.17, 15) is 0 Å². The molecule has 0 amide bonds.